The molecule has 2 aliphatic rings. The van der Waals surface area contributed by atoms with E-state index in [-0.39, 0.29) is 0 Å². The van der Waals surface area contributed by atoms with Gasteiger partial charge in [-0.05, 0) is 51.6 Å². The highest BCUT2D eigenvalue weighted by molar-refractivity contribution is 7.18. The van der Waals surface area contributed by atoms with Gasteiger partial charge >= 0.3 is 0 Å². The van der Waals surface area contributed by atoms with Gasteiger partial charge in [0.25, 0.3) is 0 Å². The Morgan fingerprint density at radius 1 is 1.21 bits per heavy atom. The minimum atomic E-state index is 0.505. The summed E-state index contributed by atoms with van der Waals surface area (Å²) < 4.78 is 5.48. The summed E-state index contributed by atoms with van der Waals surface area (Å²) in [4.78, 5) is 17.4. The number of thiophene rings is 1. The maximum atomic E-state index is 5.48. The second-order valence-electron chi connectivity index (χ2n) is 8.81. The Hall–Kier alpha value is -1.28. The van der Waals surface area contributed by atoms with Crippen LogP contribution in [-0.4, -0.2) is 71.7 Å². The molecule has 0 aliphatic carbocycles. The number of aryl methyl sites for hydroxylation is 2. The Morgan fingerprint density at radius 2 is 2.00 bits per heavy atom. The number of nitrogens with one attached hydrogen (secondary N) is 1. The summed E-state index contributed by atoms with van der Waals surface area (Å²) in [6, 6.07) is 0.505. The zero-order valence-corrected chi connectivity index (χ0v) is 19.1. The fourth-order valence-corrected chi connectivity index (χ4v) is 5.50. The summed E-state index contributed by atoms with van der Waals surface area (Å²) in [5, 5.41) is 4.91. The number of likely N-dealkylation sites (tertiary alicyclic amines) is 1. The van der Waals surface area contributed by atoms with Gasteiger partial charge in [0, 0.05) is 37.1 Å². The highest BCUT2D eigenvalue weighted by atomic mass is 32.1. The number of hydrogen-bond acceptors (Lipinski definition) is 7. The van der Waals surface area contributed by atoms with E-state index in [4.69, 9.17) is 14.7 Å². The first-order chi connectivity index (χ1) is 14.0. The van der Waals surface area contributed by atoms with E-state index in [0.29, 0.717) is 6.04 Å². The number of anilines is 1. The van der Waals surface area contributed by atoms with Crippen molar-refractivity contribution in [3.8, 4) is 0 Å². The van der Waals surface area contributed by atoms with Crippen molar-refractivity contribution in [2.45, 2.75) is 53.1 Å². The van der Waals surface area contributed by atoms with Crippen molar-refractivity contribution in [2.24, 2.45) is 5.92 Å². The second-order valence-corrected chi connectivity index (χ2v) is 10.0. The minimum Gasteiger partial charge on any atom is -0.379 e. The SMILES string of the molecule is Cc1sc2nc(CN3CCOCC3)nc(NCC(C)N3CCCC(C)C3)c2c1C. The Kier molecular flexibility index (Phi) is 6.69. The summed E-state index contributed by atoms with van der Waals surface area (Å²) in [5.41, 5.74) is 1.31. The molecule has 4 rings (SSSR count). The van der Waals surface area contributed by atoms with E-state index >= 15 is 0 Å². The molecule has 2 fully saturated rings. The first kappa shape index (κ1) is 21.0. The van der Waals surface area contributed by atoms with Crippen molar-refractivity contribution in [3.63, 3.8) is 0 Å². The lowest BCUT2D eigenvalue weighted by atomic mass is 9.99. The van der Waals surface area contributed by atoms with Crippen molar-refractivity contribution in [3.05, 3.63) is 16.3 Å². The van der Waals surface area contributed by atoms with E-state index in [1.807, 2.05) is 0 Å². The van der Waals surface area contributed by atoms with Crippen LogP contribution >= 0.6 is 11.3 Å². The van der Waals surface area contributed by atoms with Gasteiger partial charge in [-0.3, -0.25) is 9.80 Å². The van der Waals surface area contributed by atoms with Gasteiger partial charge in [-0.1, -0.05) is 6.92 Å². The van der Waals surface area contributed by atoms with Crippen molar-refractivity contribution in [1.82, 2.24) is 19.8 Å². The first-order valence-electron chi connectivity index (χ1n) is 11.1. The molecule has 0 bridgehead atoms. The highest BCUT2D eigenvalue weighted by Gasteiger charge is 2.22. The van der Waals surface area contributed by atoms with Gasteiger partial charge in [0.2, 0.25) is 0 Å². The van der Waals surface area contributed by atoms with Gasteiger partial charge < -0.3 is 10.1 Å². The molecular weight excluding hydrogens is 382 g/mol. The number of rotatable bonds is 6. The molecular formula is C22H35N5OS. The fraction of sp³-hybridized carbons (Fsp3) is 0.727. The third-order valence-electron chi connectivity index (χ3n) is 6.42. The van der Waals surface area contributed by atoms with Gasteiger partial charge in [0.05, 0.1) is 25.1 Å². The Balaban J connectivity index is 1.52. The Labute approximate surface area is 178 Å². The van der Waals surface area contributed by atoms with Gasteiger partial charge in [-0.25, -0.2) is 9.97 Å². The highest BCUT2D eigenvalue weighted by Crippen LogP contribution is 2.33. The fourth-order valence-electron chi connectivity index (χ4n) is 4.45. The van der Waals surface area contributed by atoms with Crippen LogP contribution in [0.25, 0.3) is 10.2 Å². The first-order valence-corrected chi connectivity index (χ1v) is 11.9. The standard InChI is InChI=1S/C22H35N5OS/c1-15-6-5-7-27(13-15)16(2)12-23-21-20-17(3)18(4)29-22(20)25-19(24-21)14-26-8-10-28-11-9-26/h15-16H,5-14H2,1-4H3,(H,23,24,25). The van der Waals surface area contributed by atoms with Crippen LogP contribution in [0.5, 0.6) is 0 Å². The molecule has 0 spiro atoms. The number of morpholine rings is 1. The van der Waals surface area contributed by atoms with Gasteiger partial charge in [-0.15, -0.1) is 11.3 Å². The molecule has 2 aliphatic heterocycles. The Bertz CT molecular complexity index is 832. The third-order valence-corrected chi connectivity index (χ3v) is 7.52. The van der Waals surface area contributed by atoms with Crippen LogP contribution in [0.1, 0.15) is 43.0 Å². The van der Waals surface area contributed by atoms with Gasteiger partial charge in [0.15, 0.2) is 0 Å². The third kappa shape index (κ3) is 4.90. The zero-order valence-electron chi connectivity index (χ0n) is 18.3. The van der Waals surface area contributed by atoms with Crippen LogP contribution in [0.15, 0.2) is 0 Å². The predicted octanol–water partition coefficient (Wildman–Crippen LogP) is 3.67. The molecule has 1 N–H and O–H groups in total. The Morgan fingerprint density at radius 3 is 2.76 bits per heavy atom. The lowest BCUT2D eigenvalue weighted by Gasteiger charge is -2.35. The van der Waals surface area contributed by atoms with Crippen LogP contribution < -0.4 is 5.32 Å². The molecule has 2 aromatic rings. The summed E-state index contributed by atoms with van der Waals surface area (Å²) in [7, 11) is 0. The summed E-state index contributed by atoms with van der Waals surface area (Å²) in [6.45, 7) is 16.7. The summed E-state index contributed by atoms with van der Waals surface area (Å²) in [6.07, 6.45) is 2.68. The maximum absolute atomic E-state index is 5.48. The monoisotopic (exact) mass is 417 g/mol. The second kappa shape index (κ2) is 9.25. The lowest BCUT2D eigenvalue weighted by molar-refractivity contribution is 0.0331. The number of hydrogen-bond donors (Lipinski definition) is 1. The molecule has 4 heterocycles. The number of nitrogens with zero attached hydrogens (tertiary/aromatic N) is 4. The maximum Gasteiger partial charge on any atom is 0.146 e. The number of aromatic nitrogens is 2. The molecule has 0 aromatic carbocycles. The van der Waals surface area contributed by atoms with E-state index in [9.17, 15) is 0 Å². The number of ether oxygens (including phenoxy) is 1. The van der Waals surface area contributed by atoms with E-state index in [1.54, 1.807) is 11.3 Å². The summed E-state index contributed by atoms with van der Waals surface area (Å²) in [5.74, 6) is 2.73. The smallest absolute Gasteiger partial charge is 0.146 e. The molecule has 160 valence electrons. The molecule has 2 aromatic heterocycles. The molecule has 2 saturated heterocycles. The van der Waals surface area contributed by atoms with Crippen molar-refractivity contribution in [1.29, 1.82) is 0 Å². The minimum absolute atomic E-state index is 0.505. The normalized spacial score (nSPS) is 22.8. The van der Waals surface area contributed by atoms with Gasteiger partial charge in [-0.2, -0.15) is 0 Å². The van der Waals surface area contributed by atoms with E-state index in [0.717, 1.165) is 61.8 Å². The van der Waals surface area contributed by atoms with Crippen LogP contribution in [0.3, 0.4) is 0 Å². The zero-order chi connectivity index (χ0) is 20.4. The van der Waals surface area contributed by atoms with Crippen LogP contribution in [0.2, 0.25) is 0 Å². The van der Waals surface area contributed by atoms with Crippen molar-refractivity contribution < 1.29 is 4.74 Å². The summed E-state index contributed by atoms with van der Waals surface area (Å²) >= 11 is 1.79. The van der Waals surface area contributed by atoms with Crippen LogP contribution in [0.4, 0.5) is 5.82 Å². The molecule has 29 heavy (non-hydrogen) atoms. The average molecular weight is 418 g/mol. The van der Waals surface area contributed by atoms with Crippen molar-refractivity contribution in [2.75, 3.05) is 51.3 Å². The topological polar surface area (TPSA) is 53.5 Å². The molecule has 0 amide bonds. The molecule has 6 nitrogen and oxygen atoms in total. The van der Waals surface area contributed by atoms with Crippen LogP contribution in [-0.2, 0) is 11.3 Å². The molecule has 2 atom stereocenters. The van der Waals surface area contributed by atoms with Crippen LogP contribution in [0, 0.1) is 19.8 Å². The van der Waals surface area contributed by atoms with Crippen molar-refractivity contribution >= 4 is 27.4 Å². The molecule has 7 heteroatoms. The number of fused-ring (bicyclic) bond motifs is 1. The predicted molar refractivity (Wildman–Crippen MR) is 121 cm³/mol. The molecule has 2 unspecified atom stereocenters. The largest absolute Gasteiger partial charge is 0.379 e. The van der Waals surface area contributed by atoms with E-state index < -0.39 is 0 Å². The lowest BCUT2D eigenvalue weighted by Crippen LogP contribution is -2.43. The van der Waals surface area contributed by atoms with Gasteiger partial charge in [0.1, 0.15) is 16.5 Å². The molecule has 0 saturated carbocycles. The number of piperidine rings is 1. The van der Waals surface area contributed by atoms with E-state index in [1.165, 1.54) is 41.8 Å². The average Bonchev–Trinajstić information content (AvgIpc) is 3.00. The molecule has 0 radical (unpaired) electrons. The quantitative estimate of drug-likeness (QED) is 0.774. The van der Waals surface area contributed by atoms with E-state index in [2.05, 4.69) is 42.8 Å².